The summed E-state index contributed by atoms with van der Waals surface area (Å²) < 4.78 is 1.99. The molecule has 1 N–H and O–H groups in total. The van der Waals surface area contributed by atoms with Gasteiger partial charge in [-0.05, 0) is 60.7 Å². The molecular formula is C17H13ClN2O. The number of aromatic nitrogens is 1. The van der Waals surface area contributed by atoms with Gasteiger partial charge in [0.2, 0.25) is 0 Å². The average Bonchev–Trinajstić information content (AvgIpc) is 3.04. The van der Waals surface area contributed by atoms with Gasteiger partial charge >= 0.3 is 0 Å². The van der Waals surface area contributed by atoms with E-state index in [1.807, 2.05) is 41.2 Å². The van der Waals surface area contributed by atoms with Crippen molar-refractivity contribution < 1.29 is 4.79 Å². The first-order valence-electron chi connectivity index (χ1n) is 6.53. The summed E-state index contributed by atoms with van der Waals surface area (Å²) in [4.78, 5) is 12.1. The molecule has 1 amide bonds. The summed E-state index contributed by atoms with van der Waals surface area (Å²) in [6.45, 7) is 0. The molecule has 104 valence electrons. The maximum Gasteiger partial charge on any atom is 0.255 e. The Morgan fingerprint density at radius 3 is 2.14 bits per heavy atom. The normalized spacial score (nSPS) is 10.3. The molecule has 21 heavy (non-hydrogen) atoms. The van der Waals surface area contributed by atoms with Crippen LogP contribution in [-0.4, -0.2) is 10.5 Å². The fraction of sp³-hybridized carbons (Fsp3) is 0. The highest BCUT2D eigenvalue weighted by molar-refractivity contribution is 6.30. The van der Waals surface area contributed by atoms with Crippen LogP contribution in [0.2, 0.25) is 5.02 Å². The van der Waals surface area contributed by atoms with E-state index in [0.29, 0.717) is 10.6 Å². The number of hydrogen-bond acceptors (Lipinski definition) is 1. The van der Waals surface area contributed by atoms with E-state index in [1.165, 1.54) is 0 Å². The minimum atomic E-state index is -0.142. The Kier molecular flexibility index (Phi) is 3.75. The number of nitrogens with zero attached hydrogens (tertiary/aromatic N) is 1. The number of anilines is 1. The second-order valence-electron chi connectivity index (χ2n) is 4.60. The molecule has 0 fully saturated rings. The molecule has 0 aliphatic heterocycles. The minimum Gasteiger partial charge on any atom is -0.324 e. The van der Waals surface area contributed by atoms with Crippen molar-refractivity contribution in [2.75, 3.05) is 5.32 Å². The molecule has 3 aromatic rings. The Bertz CT molecular complexity index is 731. The number of carbonyl (C=O) groups is 1. The molecule has 0 aliphatic rings. The van der Waals surface area contributed by atoms with Gasteiger partial charge in [-0.15, -0.1) is 0 Å². The summed E-state index contributed by atoms with van der Waals surface area (Å²) in [5.41, 5.74) is 2.35. The van der Waals surface area contributed by atoms with E-state index in [2.05, 4.69) is 5.32 Å². The molecule has 0 aliphatic carbocycles. The molecular weight excluding hydrogens is 284 g/mol. The van der Waals surface area contributed by atoms with E-state index in [0.717, 1.165) is 11.4 Å². The number of hydrogen-bond donors (Lipinski definition) is 1. The van der Waals surface area contributed by atoms with Gasteiger partial charge in [0, 0.05) is 34.4 Å². The first kappa shape index (κ1) is 13.5. The molecule has 3 rings (SSSR count). The van der Waals surface area contributed by atoms with Gasteiger partial charge in [-0.1, -0.05) is 11.6 Å². The summed E-state index contributed by atoms with van der Waals surface area (Å²) >= 11 is 5.82. The summed E-state index contributed by atoms with van der Waals surface area (Å²) in [5, 5.41) is 3.48. The van der Waals surface area contributed by atoms with E-state index in [1.54, 1.807) is 36.4 Å². The van der Waals surface area contributed by atoms with Crippen LogP contribution in [0.25, 0.3) is 5.69 Å². The molecule has 1 aromatic heterocycles. The lowest BCUT2D eigenvalue weighted by Gasteiger charge is -2.07. The van der Waals surface area contributed by atoms with Crippen LogP contribution >= 0.6 is 11.6 Å². The van der Waals surface area contributed by atoms with Crippen LogP contribution in [0, 0.1) is 0 Å². The molecule has 2 aromatic carbocycles. The quantitative estimate of drug-likeness (QED) is 0.764. The number of benzene rings is 2. The lowest BCUT2D eigenvalue weighted by molar-refractivity contribution is 0.102. The fourth-order valence-corrected chi connectivity index (χ4v) is 2.15. The highest BCUT2D eigenvalue weighted by Crippen LogP contribution is 2.15. The van der Waals surface area contributed by atoms with Crippen molar-refractivity contribution in [3.8, 4) is 5.69 Å². The van der Waals surface area contributed by atoms with Crippen molar-refractivity contribution in [2.45, 2.75) is 0 Å². The topological polar surface area (TPSA) is 34.0 Å². The fourth-order valence-electron chi connectivity index (χ4n) is 2.03. The smallest absolute Gasteiger partial charge is 0.255 e. The average molecular weight is 297 g/mol. The maximum atomic E-state index is 12.1. The molecule has 4 heteroatoms. The highest BCUT2D eigenvalue weighted by atomic mass is 35.5. The predicted octanol–water partition coefficient (Wildman–Crippen LogP) is 4.38. The molecule has 3 nitrogen and oxygen atoms in total. The maximum absolute atomic E-state index is 12.1. The Labute approximate surface area is 127 Å². The number of amides is 1. The largest absolute Gasteiger partial charge is 0.324 e. The van der Waals surface area contributed by atoms with Gasteiger partial charge in [-0.3, -0.25) is 4.79 Å². The number of nitrogens with one attached hydrogen (secondary N) is 1. The molecule has 0 saturated heterocycles. The second-order valence-corrected chi connectivity index (χ2v) is 5.03. The molecule has 0 bridgehead atoms. The van der Waals surface area contributed by atoms with E-state index in [4.69, 9.17) is 11.6 Å². The monoisotopic (exact) mass is 296 g/mol. The Morgan fingerprint density at radius 1 is 0.905 bits per heavy atom. The van der Waals surface area contributed by atoms with Crippen LogP contribution in [0.4, 0.5) is 5.69 Å². The molecule has 0 radical (unpaired) electrons. The lowest BCUT2D eigenvalue weighted by atomic mass is 10.2. The Balaban J connectivity index is 1.74. The zero-order chi connectivity index (χ0) is 14.7. The number of halogens is 1. The van der Waals surface area contributed by atoms with Crippen molar-refractivity contribution >= 4 is 23.2 Å². The van der Waals surface area contributed by atoms with E-state index >= 15 is 0 Å². The number of carbonyl (C=O) groups excluding carboxylic acids is 1. The van der Waals surface area contributed by atoms with Crippen LogP contribution < -0.4 is 5.32 Å². The van der Waals surface area contributed by atoms with Crippen molar-refractivity contribution in [2.24, 2.45) is 0 Å². The van der Waals surface area contributed by atoms with Gasteiger partial charge in [-0.25, -0.2) is 0 Å². The van der Waals surface area contributed by atoms with Crippen LogP contribution in [0.3, 0.4) is 0 Å². The van der Waals surface area contributed by atoms with Crippen molar-refractivity contribution in [1.82, 2.24) is 4.57 Å². The number of rotatable bonds is 3. The Morgan fingerprint density at radius 2 is 1.52 bits per heavy atom. The van der Waals surface area contributed by atoms with Gasteiger partial charge in [0.25, 0.3) is 5.91 Å². The van der Waals surface area contributed by atoms with Gasteiger partial charge in [0.15, 0.2) is 0 Å². The van der Waals surface area contributed by atoms with Crippen LogP contribution in [0.1, 0.15) is 10.4 Å². The molecule has 1 heterocycles. The first-order chi connectivity index (χ1) is 10.2. The molecule has 0 spiro atoms. The lowest BCUT2D eigenvalue weighted by Crippen LogP contribution is -2.11. The second kappa shape index (κ2) is 5.85. The van der Waals surface area contributed by atoms with Crippen molar-refractivity contribution in [1.29, 1.82) is 0 Å². The van der Waals surface area contributed by atoms with Gasteiger partial charge in [0.1, 0.15) is 0 Å². The minimum absolute atomic E-state index is 0.142. The summed E-state index contributed by atoms with van der Waals surface area (Å²) in [6.07, 6.45) is 3.92. The van der Waals surface area contributed by atoms with E-state index in [-0.39, 0.29) is 5.91 Å². The summed E-state index contributed by atoms with van der Waals surface area (Å²) in [7, 11) is 0. The Hall–Kier alpha value is -2.52. The summed E-state index contributed by atoms with van der Waals surface area (Å²) in [5.74, 6) is -0.142. The first-order valence-corrected chi connectivity index (χ1v) is 6.90. The SMILES string of the molecule is O=C(Nc1ccc(Cl)cc1)c1ccc(-n2cccc2)cc1. The molecule has 0 saturated carbocycles. The predicted molar refractivity (Wildman–Crippen MR) is 85.2 cm³/mol. The molecule has 0 unspecified atom stereocenters. The third kappa shape index (κ3) is 3.15. The van der Waals surface area contributed by atoms with E-state index in [9.17, 15) is 4.79 Å². The van der Waals surface area contributed by atoms with Crippen molar-refractivity contribution in [3.63, 3.8) is 0 Å². The van der Waals surface area contributed by atoms with E-state index < -0.39 is 0 Å². The van der Waals surface area contributed by atoms with Crippen LogP contribution in [0.15, 0.2) is 73.1 Å². The zero-order valence-electron chi connectivity index (χ0n) is 11.2. The standard InChI is InChI=1S/C17H13ClN2O/c18-14-5-7-15(8-6-14)19-17(21)13-3-9-16(10-4-13)20-11-1-2-12-20/h1-12H,(H,19,21). The molecule has 0 atom stereocenters. The van der Waals surface area contributed by atoms with Crippen LogP contribution in [-0.2, 0) is 0 Å². The highest BCUT2D eigenvalue weighted by Gasteiger charge is 2.06. The summed E-state index contributed by atoms with van der Waals surface area (Å²) in [6, 6.07) is 18.4. The van der Waals surface area contributed by atoms with Gasteiger partial charge < -0.3 is 9.88 Å². The third-order valence-electron chi connectivity index (χ3n) is 3.13. The van der Waals surface area contributed by atoms with Gasteiger partial charge in [0.05, 0.1) is 0 Å². The van der Waals surface area contributed by atoms with Crippen LogP contribution in [0.5, 0.6) is 0 Å². The zero-order valence-corrected chi connectivity index (χ0v) is 11.9. The van der Waals surface area contributed by atoms with Crippen molar-refractivity contribution in [3.05, 3.63) is 83.6 Å². The van der Waals surface area contributed by atoms with Gasteiger partial charge in [-0.2, -0.15) is 0 Å². The third-order valence-corrected chi connectivity index (χ3v) is 3.39.